The van der Waals surface area contributed by atoms with Crippen molar-refractivity contribution in [2.24, 2.45) is 11.8 Å². The quantitative estimate of drug-likeness (QED) is 0.707. The van der Waals surface area contributed by atoms with Crippen LogP contribution in [0.15, 0.2) is 24.3 Å². The molecule has 1 saturated carbocycles. The molecule has 4 heterocycles. The molecular formula is C21H26N2O4. The highest BCUT2D eigenvalue weighted by molar-refractivity contribution is 5.91. The summed E-state index contributed by atoms with van der Waals surface area (Å²) in [5.74, 6) is -0.0663. The van der Waals surface area contributed by atoms with Crippen molar-refractivity contribution in [2.75, 3.05) is 26.8 Å². The SMILES string of the molecule is COC(=O)C12CC3CC(C(O)CO)C1N(CCc1c2[nH]c2ccccc12)C3. The van der Waals surface area contributed by atoms with Crippen LogP contribution in [0.5, 0.6) is 0 Å². The van der Waals surface area contributed by atoms with Crippen LogP contribution in [-0.2, 0) is 21.4 Å². The Hall–Kier alpha value is -1.89. The molecule has 0 amide bonds. The van der Waals surface area contributed by atoms with Crippen molar-refractivity contribution in [1.29, 1.82) is 0 Å². The summed E-state index contributed by atoms with van der Waals surface area (Å²) in [6.45, 7) is 1.52. The number of aliphatic hydroxyl groups is 2. The fraction of sp³-hybridized carbons (Fsp3) is 0.571. The number of aromatic amines is 1. The fourth-order valence-corrected chi connectivity index (χ4v) is 6.27. The van der Waals surface area contributed by atoms with Gasteiger partial charge in [-0.1, -0.05) is 18.2 Å². The van der Waals surface area contributed by atoms with E-state index in [9.17, 15) is 15.0 Å². The molecule has 1 aromatic carbocycles. The predicted molar refractivity (Wildman–Crippen MR) is 100 cm³/mol. The molecule has 6 nitrogen and oxygen atoms in total. The minimum Gasteiger partial charge on any atom is -0.468 e. The van der Waals surface area contributed by atoms with Gasteiger partial charge in [-0.15, -0.1) is 0 Å². The molecule has 1 aromatic heterocycles. The Balaban J connectivity index is 1.77. The molecule has 2 saturated heterocycles. The highest BCUT2D eigenvalue weighted by Gasteiger charge is 2.64. The van der Waals surface area contributed by atoms with E-state index in [4.69, 9.17) is 4.74 Å². The van der Waals surface area contributed by atoms with Gasteiger partial charge in [0.05, 0.1) is 19.8 Å². The maximum Gasteiger partial charge on any atom is 0.319 e. The molecular weight excluding hydrogens is 344 g/mol. The Morgan fingerprint density at radius 1 is 1.44 bits per heavy atom. The van der Waals surface area contributed by atoms with Gasteiger partial charge in [0, 0.05) is 41.6 Å². The van der Waals surface area contributed by atoms with Crippen molar-refractivity contribution < 1.29 is 19.7 Å². The van der Waals surface area contributed by atoms with Gasteiger partial charge in [-0.25, -0.2) is 0 Å². The Morgan fingerprint density at radius 2 is 2.26 bits per heavy atom. The number of hydrogen-bond acceptors (Lipinski definition) is 5. The lowest BCUT2D eigenvalue weighted by atomic mass is 9.56. The molecule has 4 aliphatic rings. The summed E-state index contributed by atoms with van der Waals surface area (Å²) in [4.78, 5) is 19.2. The number of nitrogens with one attached hydrogen (secondary N) is 1. The summed E-state index contributed by atoms with van der Waals surface area (Å²) in [5.41, 5.74) is 2.38. The van der Waals surface area contributed by atoms with Gasteiger partial charge >= 0.3 is 5.97 Å². The van der Waals surface area contributed by atoms with E-state index in [1.54, 1.807) is 0 Å². The number of piperidine rings is 2. The summed E-state index contributed by atoms with van der Waals surface area (Å²) in [7, 11) is 1.45. The number of H-pyrrole nitrogens is 1. The van der Waals surface area contributed by atoms with Crippen LogP contribution in [0.3, 0.4) is 0 Å². The van der Waals surface area contributed by atoms with Gasteiger partial charge in [-0.3, -0.25) is 9.69 Å². The van der Waals surface area contributed by atoms with Crippen LogP contribution in [0.1, 0.15) is 24.1 Å². The number of rotatable bonds is 3. The van der Waals surface area contributed by atoms with Crippen LogP contribution in [0.2, 0.25) is 0 Å². The number of carbonyl (C=O) groups is 1. The number of aromatic nitrogens is 1. The van der Waals surface area contributed by atoms with Gasteiger partial charge in [-0.2, -0.15) is 0 Å². The average molecular weight is 370 g/mol. The van der Waals surface area contributed by atoms with Crippen LogP contribution in [0.4, 0.5) is 0 Å². The Morgan fingerprint density at radius 3 is 3.04 bits per heavy atom. The second-order valence-corrected chi connectivity index (χ2v) is 8.40. The number of hydrogen-bond donors (Lipinski definition) is 3. The summed E-state index contributed by atoms with van der Waals surface area (Å²) in [5, 5.41) is 21.4. The van der Waals surface area contributed by atoms with Crippen molar-refractivity contribution in [3.63, 3.8) is 0 Å². The number of methoxy groups -OCH3 is 1. The van der Waals surface area contributed by atoms with E-state index < -0.39 is 11.5 Å². The van der Waals surface area contributed by atoms with Crippen LogP contribution < -0.4 is 0 Å². The highest BCUT2D eigenvalue weighted by Crippen LogP contribution is 2.55. The van der Waals surface area contributed by atoms with Crippen LogP contribution in [0, 0.1) is 11.8 Å². The molecule has 1 aliphatic carbocycles. The van der Waals surface area contributed by atoms with E-state index in [-0.39, 0.29) is 24.5 Å². The van der Waals surface area contributed by atoms with E-state index in [1.807, 2.05) is 18.2 Å². The zero-order chi connectivity index (χ0) is 18.8. The number of benzene rings is 1. The normalized spacial score (nSPS) is 35.5. The Kier molecular flexibility index (Phi) is 3.86. The summed E-state index contributed by atoms with van der Waals surface area (Å²) in [6.07, 6.45) is 1.62. The third-order valence-electron chi connectivity index (χ3n) is 7.15. The molecule has 3 N–H and O–H groups in total. The third-order valence-corrected chi connectivity index (χ3v) is 7.15. The molecule has 6 atom stereocenters. The number of aliphatic hydroxyl groups excluding tert-OH is 2. The maximum atomic E-state index is 13.3. The molecule has 3 fully saturated rings. The summed E-state index contributed by atoms with van der Waals surface area (Å²) < 4.78 is 5.36. The van der Waals surface area contributed by atoms with Gasteiger partial charge in [0.1, 0.15) is 5.41 Å². The lowest BCUT2D eigenvalue weighted by Crippen LogP contribution is -2.69. The molecule has 0 spiro atoms. The molecule has 144 valence electrons. The van der Waals surface area contributed by atoms with Crippen LogP contribution in [-0.4, -0.2) is 65.0 Å². The predicted octanol–water partition coefficient (Wildman–Crippen LogP) is 1.20. The molecule has 4 bridgehead atoms. The lowest BCUT2D eigenvalue weighted by Gasteiger charge is -2.58. The molecule has 6 unspecified atom stereocenters. The topological polar surface area (TPSA) is 85.8 Å². The number of nitrogens with zero attached hydrogens (tertiary/aromatic N) is 1. The standard InChI is InChI=1S/C21H26N2O4/c1-27-20(26)21-9-12-8-15(17(25)11-24)19(21)23(10-12)7-6-14-13-4-2-3-5-16(13)22-18(14)21/h2-5,12,15,17,19,22,24-25H,6-11H2,1H3. The minimum absolute atomic E-state index is 0.140. The second kappa shape index (κ2) is 6.06. The number of ether oxygens (including phenoxy) is 1. The Bertz CT molecular complexity index is 893. The zero-order valence-corrected chi connectivity index (χ0v) is 15.5. The van der Waals surface area contributed by atoms with Crippen LogP contribution in [0.25, 0.3) is 10.9 Å². The summed E-state index contributed by atoms with van der Waals surface area (Å²) >= 11 is 0. The molecule has 6 rings (SSSR count). The van der Waals surface area contributed by atoms with Crippen molar-refractivity contribution in [3.8, 4) is 0 Å². The second-order valence-electron chi connectivity index (χ2n) is 8.40. The van der Waals surface area contributed by atoms with E-state index in [0.29, 0.717) is 5.92 Å². The first-order valence-electron chi connectivity index (χ1n) is 9.81. The fourth-order valence-electron chi connectivity index (χ4n) is 6.27. The van der Waals surface area contributed by atoms with Crippen LogP contribution >= 0.6 is 0 Å². The molecule has 0 radical (unpaired) electrons. The number of para-hydroxylation sites is 1. The zero-order valence-electron chi connectivity index (χ0n) is 15.5. The number of fused-ring (bicyclic) bond motifs is 4. The largest absolute Gasteiger partial charge is 0.468 e. The Labute approximate surface area is 158 Å². The minimum atomic E-state index is -0.824. The third kappa shape index (κ3) is 2.21. The molecule has 3 aliphatic heterocycles. The number of carbonyl (C=O) groups excluding carboxylic acids is 1. The van der Waals surface area contributed by atoms with E-state index >= 15 is 0 Å². The van der Waals surface area contributed by atoms with Gasteiger partial charge in [0.25, 0.3) is 0 Å². The first-order chi connectivity index (χ1) is 13.1. The first kappa shape index (κ1) is 17.2. The van der Waals surface area contributed by atoms with E-state index in [0.717, 1.165) is 43.6 Å². The van der Waals surface area contributed by atoms with Gasteiger partial charge < -0.3 is 19.9 Å². The van der Waals surface area contributed by atoms with Gasteiger partial charge in [0.15, 0.2) is 0 Å². The molecule has 2 aromatic rings. The first-order valence-corrected chi connectivity index (χ1v) is 9.81. The smallest absolute Gasteiger partial charge is 0.319 e. The average Bonchev–Trinajstić information content (AvgIpc) is 3.05. The van der Waals surface area contributed by atoms with Crippen molar-refractivity contribution in [2.45, 2.75) is 36.8 Å². The van der Waals surface area contributed by atoms with Gasteiger partial charge in [-0.05, 0) is 36.8 Å². The van der Waals surface area contributed by atoms with Crippen molar-refractivity contribution in [1.82, 2.24) is 9.88 Å². The molecule has 6 heteroatoms. The van der Waals surface area contributed by atoms with E-state index in [1.165, 1.54) is 18.1 Å². The van der Waals surface area contributed by atoms with Crippen molar-refractivity contribution in [3.05, 3.63) is 35.5 Å². The summed E-state index contributed by atoms with van der Waals surface area (Å²) in [6, 6.07) is 8.03. The highest BCUT2D eigenvalue weighted by atomic mass is 16.5. The van der Waals surface area contributed by atoms with E-state index in [2.05, 4.69) is 16.0 Å². The maximum absolute atomic E-state index is 13.3. The number of esters is 1. The van der Waals surface area contributed by atoms with Gasteiger partial charge in [0.2, 0.25) is 0 Å². The monoisotopic (exact) mass is 370 g/mol. The van der Waals surface area contributed by atoms with Crippen molar-refractivity contribution >= 4 is 16.9 Å². The molecule has 27 heavy (non-hydrogen) atoms. The lowest BCUT2D eigenvalue weighted by molar-refractivity contribution is -0.167.